The Morgan fingerprint density at radius 1 is 1.23 bits per heavy atom. The van der Waals surface area contributed by atoms with Crippen molar-refractivity contribution in [3.05, 3.63) is 24.0 Å². The Kier molecular flexibility index (Phi) is 9.13. The second-order valence-corrected chi connectivity index (χ2v) is 7.00. The van der Waals surface area contributed by atoms with Gasteiger partial charge in [0, 0.05) is 51.6 Å². The van der Waals surface area contributed by atoms with E-state index in [1.165, 1.54) is 16.2 Å². The number of nitrogens with zero attached hydrogens (tertiary/aromatic N) is 3. The molecule has 0 N–H and O–H groups in total. The summed E-state index contributed by atoms with van der Waals surface area (Å²) in [5.41, 5.74) is 2.44. The summed E-state index contributed by atoms with van der Waals surface area (Å²) in [7, 11) is 1.69. The Morgan fingerprint density at radius 3 is 2.23 bits per heavy atom. The molecule has 0 radical (unpaired) electrons. The Balaban J connectivity index is 2.85. The first-order chi connectivity index (χ1) is 12.1. The summed E-state index contributed by atoms with van der Waals surface area (Å²) in [6.45, 7) is 14.3. The molecule has 0 aromatic rings. The highest BCUT2D eigenvalue weighted by molar-refractivity contribution is 5.19. The highest BCUT2D eigenvalue weighted by Gasteiger charge is 2.33. The summed E-state index contributed by atoms with van der Waals surface area (Å²) in [5, 5.41) is 0. The number of hydrogen-bond acceptors (Lipinski definition) is 4. The highest BCUT2D eigenvalue weighted by atomic mass is 19.4. The average molecular weight is 377 g/mol. The average Bonchev–Trinajstić information content (AvgIpc) is 2.59. The van der Waals surface area contributed by atoms with Gasteiger partial charge < -0.3 is 9.64 Å². The fraction of sp³-hybridized carbons (Fsp3) is 0.789. The normalized spacial score (nSPS) is 20.5. The zero-order chi connectivity index (χ0) is 19.9. The Bertz CT molecular complexity index is 471. The van der Waals surface area contributed by atoms with Crippen LogP contribution < -0.4 is 0 Å². The van der Waals surface area contributed by atoms with Crippen molar-refractivity contribution >= 4 is 0 Å². The molecular formula is C19H34F3N3O. The number of allylic oxidation sites excluding steroid dienone is 1. The van der Waals surface area contributed by atoms with Crippen molar-refractivity contribution < 1.29 is 17.9 Å². The molecule has 1 saturated heterocycles. The first-order valence-corrected chi connectivity index (χ1v) is 9.27. The van der Waals surface area contributed by atoms with Crippen molar-refractivity contribution in [1.29, 1.82) is 0 Å². The monoisotopic (exact) mass is 377 g/mol. The van der Waals surface area contributed by atoms with Crippen molar-refractivity contribution in [3.63, 3.8) is 0 Å². The van der Waals surface area contributed by atoms with E-state index in [4.69, 9.17) is 4.74 Å². The smallest absolute Gasteiger partial charge is 0.380 e. The van der Waals surface area contributed by atoms with Crippen LogP contribution >= 0.6 is 0 Å². The van der Waals surface area contributed by atoms with E-state index in [9.17, 15) is 13.2 Å². The molecule has 4 nitrogen and oxygen atoms in total. The van der Waals surface area contributed by atoms with Gasteiger partial charge in [-0.1, -0.05) is 19.1 Å². The molecule has 7 heteroatoms. The van der Waals surface area contributed by atoms with Crippen molar-refractivity contribution in [1.82, 2.24) is 14.7 Å². The van der Waals surface area contributed by atoms with Crippen LogP contribution in [0.15, 0.2) is 24.0 Å². The van der Waals surface area contributed by atoms with E-state index in [-0.39, 0.29) is 12.1 Å². The predicted molar refractivity (Wildman–Crippen MR) is 99.9 cm³/mol. The fourth-order valence-corrected chi connectivity index (χ4v) is 3.38. The van der Waals surface area contributed by atoms with Gasteiger partial charge >= 0.3 is 6.18 Å². The molecule has 0 aromatic carbocycles. The molecule has 0 saturated carbocycles. The molecule has 0 spiro atoms. The van der Waals surface area contributed by atoms with E-state index in [1.807, 2.05) is 13.1 Å². The molecule has 2 unspecified atom stereocenters. The van der Waals surface area contributed by atoms with Crippen LogP contribution in [0, 0.1) is 0 Å². The third-order valence-corrected chi connectivity index (χ3v) is 5.11. The summed E-state index contributed by atoms with van der Waals surface area (Å²) < 4.78 is 43.2. The van der Waals surface area contributed by atoms with Gasteiger partial charge in [-0.05, 0) is 33.4 Å². The molecule has 152 valence electrons. The van der Waals surface area contributed by atoms with Gasteiger partial charge in [0.15, 0.2) is 0 Å². The van der Waals surface area contributed by atoms with Gasteiger partial charge in [-0.15, -0.1) is 0 Å². The van der Waals surface area contributed by atoms with Gasteiger partial charge in [-0.2, -0.15) is 13.2 Å². The molecule has 2 atom stereocenters. The van der Waals surface area contributed by atoms with Gasteiger partial charge in [0.2, 0.25) is 0 Å². The van der Waals surface area contributed by atoms with Crippen LogP contribution in [0.2, 0.25) is 0 Å². The largest absolute Gasteiger partial charge is 0.401 e. The molecule has 0 aliphatic carbocycles. The van der Waals surface area contributed by atoms with Crippen LogP contribution in [-0.4, -0.2) is 79.4 Å². The van der Waals surface area contributed by atoms with Crippen LogP contribution in [0.25, 0.3) is 0 Å². The lowest BCUT2D eigenvalue weighted by Crippen LogP contribution is -2.53. The zero-order valence-corrected chi connectivity index (χ0v) is 16.8. The SMILES string of the molecule is C=CN(CC(C)OC)/C(=C(/C)CC)C(C)N1CCN(CC(F)(F)F)CC1. The summed E-state index contributed by atoms with van der Waals surface area (Å²) in [6, 6.07) is 0.116. The number of rotatable bonds is 9. The van der Waals surface area contributed by atoms with Crippen LogP contribution in [0.1, 0.15) is 34.1 Å². The van der Waals surface area contributed by atoms with Crippen molar-refractivity contribution in [2.24, 2.45) is 0 Å². The number of ether oxygens (including phenoxy) is 1. The van der Waals surface area contributed by atoms with Crippen molar-refractivity contribution in [2.45, 2.75) is 52.4 Å². The highest BCUT2D eigenvalue weighted by Crippen LogP contribution is 2.24. The van der Waals surface area contributed by atoms with Crippen LogP contribution in [0.3, 0.4) is 0 Å². The maximum Gasteiger partial charge on any atom is 0.401 e. The summed E-state index contributed by atoms with van der Waals surface area (Å²) >= 11 is 0. The lowest BCUT2D eigenvalue weighted by Gasteiger charge is -2.42. The van der Waals surface area contributed by atoms with Crippen LogP contribution in [0.4, 0.5) is 13.2 Å². The van der Waals surface area contributed by atoms with E-state index < -0.39 is 12.7 Å². The summed E-state index contributed by atoms with van der Waals surface area (Å²) in [6.07, 6.45) is -1.34. The van der Waals surface area contributed by atoms with Crippen LogP contribution in [-0.2, 0) is 4.74 Å². The molecule has 26 heavy (non-hydrogen) atoms. The quantitative estimate of drug-likeness (QED) is 0.610. The van der Waals surface area contributed by atoms with Crippen molar-refractivity contribution in [3.8, 4) is 0 Å². The van der Waals surface area contributed by atoms with E-state index in [0.717, 1.165) is 6.42 Å². The fourth-order valence-electron chi connectivity index (χ4n) is 3.38. The van der Waals surface area contributed by atoms with Gasteiger partial charge in [-0.25, -0.2) is 0 Å². The number of piperazine rings is 1. The van der Waals surface area contributed by atoms with E-state index in [2.05, 4.69) is 37.1 Å². The summed E-state index contributed by atoms with van der Waals surface area (Å²) in [4.78, 5) is 5.87. The Hall–Kier alpha value is -1.05. The molecular weight excluding hydrogens is 343 g/mol. The maximum absolute atomic E-state index is 12.6. The first kappa shape index (κ1) is 23.0. The Morgan fingerprint density at radius 2 is 1.81 bits per heavy atom. The van der Waals surface area contributed by atoms with Gasteiger partial charge in [0.05, 0.1) is 12.6 Å². The summed E-state index contributed by atoms with van der Waals surface area (Å²) in [5.74, 6) is 0. The third kappa shape index (κ3) is 6.93. The Labute approximate surface area is 156 Å². The molecule has 1 aliphatic heterocycles. The first-order valence-electron chi connectivity index (χ1n) is 9.27. The molecule has 0 bridgehead atoms. The zero-order valence-electron chi connectivity index (χ0n) is 16.8. The molecule has 1 fully saturated rings. The van der Waals surface area contributed by atoms with Gasteiger partial charge in [-0.3, -0.25) is 9.80 Å². The third-order valence-electron chi connectivity index (χ3n) is 5.11. The molecule has 1 heterocycles. The maximum atomic E-state index is 12.6. The molecule has 1 rings (SSSR count). The number of halogens is 3. The second-order valence-electron chi connectivity index (χ2n) is 7.00. The van der Waals surface area contributed by atoms with Gasteiger partial charge in [0.25, 0.3) is 0 Å². The van der Waals surface area contributed by atoms with E-state index in [0.29, 0.717) is 32.7 Å². The lowest BCUT2D eigenvalue weighted by atomic mass is 10.0. The number of alkyl halides is 3. The lowest BCUT2D eigenvalue weighted by molar-refractivity contribution is -0.149. The van der Waals surface area contributed by atoms with E-state index in [1.54, 1.807) is 7.11 Å². The van der Waals surface area contributed by atoms with E-state index >= 15 is 0 Å². The molecule has 1 aliphatic rings. The van der Waals surface area contributed by atoms with Crippen LogP contribution in [0.5, 0.6) is 0 Å². The minimum atomic E-state index is -4.13. The predicted octanol–water partition coefficient (Wildman–Crippen LogP) is 3.72. The van der Waals surface area contributed by atoms with Gasteiger partial charge in [0.1, 0.15) is 0 Å². The van der Waals surface area contributed by atoms with Crippen molar-refractivity contribution in [2.75, 3.05) is 46.4 Å². The topological polar surface area (TPSA) is 19.0 Å². The minimum absolute atomic E-state index is 0.0588. The standard InChI is InChI=1S/C19H34F3N3O/c1-7-15(3)18(24(8-2)13-16(4)26-6)17(5)25-11-9-23(10-12-25)14-19(20,21)22/h8,16-17H,2,7,9-14H2,1,3-6H3/b18-15-. The number of methoxy groups -OCH3 is 1. The minimum Gasteiger partial charge on any atom is -0.380 e. The second kappa shape index (κ2) is 10.3. The molecule has 0 aromatic heterocycles. The number of hydrogen-bond donors (Lipinski definition) is 0. The molecule has 0 amide bonds.